The molecule has 0 aliphatic rings. The first-order chi connectivity index (χ1) is 17.0. The van der Waals surface area contributed by atoms with Crippen LogP contribution in [0, 0.1) is 0 Å². The van der Waals surface area contributed by atoms with Crippen molar-refractivity contribution in [2.24, 2.45) is 0 Å². The molecule has 1 atom stereocenters. The number of para-hydroxylation sites is 2. The number of ether oxygens (including phenoxy) is 1. The number of carbonyl (C=O) groups excluding carboxylic acids is 2. The highest BCUT2D eigenvalue weighted by Crippen LogP contribution is 2.31. The van der Waals surface area contributed by atoms with Gasteiger partial charge in [-0.3, -0.25) is 13.9 Å². The number of nitrogens with zero attached hydrogens (tertiary/aromatic N) is 2. The van der Waals surface area contributed by atoms with Crippen molar-refractivity contribution in [3.8, 4) is 5.75 Å². The summed E-state index contributed by atoms with van der Waals surface area (Å²) in [7, 11) is -2.47. The van der Waals surface area contributed by atoms with Crippen molar-refractivity contribution in [1.29, 1.82) is 0 Å². The van der Waals surface area contributed by atoms with E-state index < -0.39 is 28.5 Å². The summed E-state index contributed by atoms with van der Waals surface area (Å²) in [6.07, 6.45) is 3.01. The quantitative estimate of drug-likeness (QED) is 0.366. The minimum Gasteiger partial charge on any atom is -0.495 e. The monoisotopic (exact) mass is 557 g/mol. The maximum absolute atomic E-state index is 13.7. The van der Waals surface area contributed by atoms with Gasteiger partial charge < -0.3 is 15.0 Å². The van der Waals surface area contributed by atoms with E-state index in [1.165, 1.54) is 12.0 Å². The van der Waals surface area contributed by atoms with Crippen molar-refractivity contribution in [2.75, 3.05) is 30.8 Å². The molecule has 0 bridgehead atoms. The predicted molar refractivity (Wildman–Crippen MR) is 144 cm³/mol. The van der Waals surface area contributed by atoms with Crippen LogP contribution >= 0.6 is 23.2 Å². The molecule has 1 N–H and O–H groups in total. The molecule has 2 aromatic rings. The summed E-state index contributed by atoms with van der Waals surface area (Å²) >= 11 is 12.8. The Hall–Kier alpha value is -2.49. The third kappa shape index (κ3) is 7.75. The molecule has 0 aliphatic heterocycles. The molecular formula is C25H33Cl2N3O5S. The van der Waals surface area contributed by atoms with Crippen LogP contribution in [-0.4, -0.2) is 57.6 Å². The maximum Gasteiger partial charge on any atom is 0.244 e. The van der Waals surface area contributed by atoms with Crippen molar-refractivity contribution in [1.82, 2.24) is 10.2 Å². The third-order valence-corrected chi connectivity index (χ3v) is 7.47. The molecular weight excluding hydrogens is 525 g/mol. The first kappa shape index (κ1) is 29.7. The number of anilines is 1. The highest BCUT2D eigenvalue weighted by molar-refractivity contribution is 7.92. The van der Waals surface area contributed by atoms with Crippen LogP contribution in [0.2, 0.25) is 10.0 Å². The number of rotatable bonds is 13. The van der Waals surface area contributed by atoms with E-state index in [4.69, 9.17) is 27.9 Å². The number of unbranched alkanes of at least 4 members (excludes halogenated alkanes) is 1. The Morgan fingerprint density at radius 2 is 1.69 bits per heavy atom. The number of sulfonamides is 1. The molecule has 0 fully saturated rings. The van der Waals surface area contributed by atoms with Crippen LogP contribution in [-0.2, 0) is 26.2 Å². The lowest BCUT2D eigenvalue weighted by Crippen LogP contribution is -2.52. The first-order valence-corrected chi connectivity index (χ1v) is 14.3. The molecule has 0 saturated carbocycles. The van der Waals surface area contributed by atoms with Gasteiger partial charge in [-0.1, -0.05) is 61.7 Å². The molecule has 0 aliphatic carbocycles. The number of carbonyl (C=O) groups is 2. The lowest BCUT2D eigenvalue weighted by Gasteiger charge is -2.33. The first-order valence-electron chi connectivity index (χ1n) is 11.7. The molecule has 198 valence electrons. The second-order valence-corrected chi connectivity index (χ2v) is 11.0. The summed E-state index contributed by atoms with van der Waals surface area (Å²) in [4.78, 5) is 28.2. The van der Waals surface area contributed by atoms with E-state index >= 15 is 0 Å². The van der Waals surface area contributed by atoms with Gasteiger partial charge in [0.2, 0.25) is 21.8 Å². The topological polar surface area (TPSA) is 96.0 Å². The zero-order chi connectivity index (χ0) is 26.9. The molecule has 0 spiro atoms. The standard InChI is InChI=1S/C25H33Cl2N3O5S/c1-5-7-15-28-25(32)21(6-2)29(16-18-19(26)11-10-12-20(18)27)24(31)17-30(36(4,33)34)22-13-8-9-14-23(22)35-3/h8-14,21H,5-7,15-17H2,1-4H3,(H,28,32)/t21-/m1/s1. The van der Waals surface area contributed by atoms with Gasteiger partial charge in [0, 0.05) is 28.7 Å². The maximum atomic E-state index is 13.7. The zero-order valence-corrected chi connectivity index (χ0v) is 23.3. The average molecular weight is 559 g/mol. The lowest BCUT2D eigenvalue weighted by molar-refractivity contribution is -0.140. The van der Waals surface area contributed by atoms with E-state index in [2.05, 4.69) is 5.32 Å². The second kappa shape index (κ2) is 13.7. The van der Waals surface area contributed by atoms with Gasteiger partial charge in [-0.2, -0.15) is 0 Å². The van der Waals surface area contributed by atoms with Gasteiger partial charge in [-0.05, 0) is 37.1 Å². The normalized spacial score (nSPS) is 12.1. The molecule has 0 saturated heterocycles. The molecule has 0 radical (unpaired) electrons. The fourth-order valence-corrected chi connectivity index (χ4v) is 5.08. The van der Waals surface area contributed by atoms with Gasteiger partial charge in [-0.25, -0.2) is 8.42 Å². The average Bonchev–Trinajstić information content (AvgIpc) is 2.83. The minimum absolute atomic E-state index is 0.0689. The molecule has 0 heterocycles. The molecule has 2 aromatic carbocycles. The van der Waals surface area contributed by atoms with E-state index in [0.717, 1.165) is 23.4 Å². The fraction of sp³-hybridized carbons (Fsp3) is 0.440. The summed E-state index contributed by atoms with van der Waals surface area (Å²) in [5.41, 5.74) is 0.684. The Morgan fingerprint density at radius 3 is 2.25 bits per heavy atom. The molecule has 11 heteroatoms. The number of halogens is 2. The van der Waals surface area contributed by atoms with E-state index in [0.29, 0.717) is 34.3 Å². The van der Waals surface area contributed by atoms with Crippen LogP contribution in [0.1, 0.15) is 38.7 Å². The molecule has 36 heavy (non-hydrogen) atoms. The van der Waals surface area contributed by atoms with Gasteiger partial charge in [0.1, 0.15) is 18.3 Å². The molecule has 2 rings (SSSR count). The van der Waals surface area contributed by atoms with Gasteiger partial charge in [0.15, 0.2) is 0 Å². The van der Waals surface area contributed by atoms with Gasteiger partial charge in [0.25, 0.3) is 0 Å². The minimum atomic E-state index is -3.89. The van der Waals surface area contributed by atoms with E-state index in [1.54, 1.807) is 49.4 Å². The van der Waals surface area contributed by atoms with Crippen LogP contribution < -0.4 is 14.4 Å². The summed E-state index contributed by atoms with van der Waals surface area (Å²) in [5.74, 6) is -0.619. The van der Waals surface area contributed by atoms with Gasteiger partial charge in [-0.15, -0.1) is 0 Å². The van der Waals surface area contributed by atoms with Crippen molar-refractivity contribution in [3.63, 3.8) is 0 Å². The van der Waals surface area contributed by atoms with Gasteiger partial charge >= 0.3 is 0 Å². The van der Waals surface area contributed by atoms with Crippen LogP contribution in [0.5, 0.6) is 5.75 Å². The highest BCUT2D eigenvalue weighted by Gasteiger charge is 2.33. The summed E-state index contributed by atoms with van der Waals surface area (Å²) < 4.78 is 31.8. The van der Waals surface area contributed by atoms with Crippen molar-refractivity contribution >= 4 is 50.7 Å². The van der Waals surface area contributed by atoms with Crippen molar-refractivity contribution < 1.29 is 22.7 Å². The molecule has 0 aromatic heterocycles. The lowest BCUT2D eigenvalue weighted by atomic mass is 10.1. The van der Waals surface area contributed by atoms with Crippen LogP contribution in [0.15, 0.2) is 42.5 Å². The molecule has 8 nitrogen and oxygen atoms in total. The molecule has 2 amide bonds. The largest absolute Gasteiger partial charge is 0.495 e. The summed E-state index contributed by atoms with van der Waals surface area (Å²) in [6.45, 7) is 3.65. The Morgan fingerprint density at radius 1 is 1.06 bits per heavy atom. The summed E-state index contributed by atoms with van der Waals surface area (Å²) in [5, 5.41) is 3.55. The Balaban J connectivity index is 2.50. The van der Waals surface area contributed by atoms with Crippen LogP contribution in [0.25, 0.3) is 0 Å². The number of nitrogens with one attached hydrogen (secondary N) is 1. The van der Waals surface area contributed by atoms with E-state index in [1.807, 2.05) is 6.92 Å². The number of amides is 2. The second-order valence-electron chi connectivity index (χ2n) is 8.23. The SMILES string of the molecule is CCCCNC(=O)[C@@H](CC)N(Cc1c(Cl)cccc1Cl)C(=O)CN(c1ccccc1OC)S(C)(=O)=O. The van der Waals surface area contributed by atoms with Crippen LogP contribution in [0.3, 0.4) is 0 Å². The third-order valence-electron chi connectivity index (χ3n) is 5.64. The summed E-state index contributed by atoms with van der Waals surface area (Å²) in [6, 6.07) is 10.6. The van der Waals surface area contributed by atoms with E-state index in [-0.39, 0.29) is 18.1 Å². The fourth-order valence-electron chi connectivity index (χ4n) is 3.71. The number of benzene rings is 2. The Bertz CT molecular complexity index is 1140. The van der Waals surface area contributed by atoms with E-state index in [9.17, 15) is 18.0 Å². The number of hydrogen-bond donors (Lipinski definition) is 1. The smallest absolute Gasteiger partial charge is 0.244 e. The Kier molecular flexibility index (Phi) is 11.3. The highest BCUT2D eigenvalue weighted by atomic mass is 35.5. The number of hydrogen-bond acceptors (Lipinski definition) is 5. The predicted octanol–water partition coefficient (Wildman–Crippen LogP) is 4.49. The zero-order valence-electron chi connectivity index (χ0n) is 21.0. The van der Waals surface area contributed by atoms with Gasteiger partial charge in [0.05, 0.1) is 19.1 Å². The number of methoxy groups -OCH3 is 1. The van der Waals surface area contributed by atoms with Crippen molar-refractivity contribution in [3.05, 3.63) is 58.1 Å². The Labute approximate surface area is 223 Å². The van der Waals surface area contributed by atoms with Crippen molar-refractivity contribution in [2.45, 2.75) is 45.7 Å². The molecule has 0 unspecified atom stereocenters. The van der Waals surface area contributed by atoms with Crippen LogP contribution in [0.4, 0.5) is 5.69 Å².